The van der Waals surface area contributed by atoms with Crippen LogP contribution >= 0.6 is 0 Å². The standard InChI is InChI=1S/C16H16FNO2/c17-13-7-14-8(1-2-15(19)18-14)6-12(13)16(20)11-4-9-3-10(9)5-11/h6-7,9-11H,1-5H2,(H,18,19). The zero-order chi connectivity index (χ0) is 13.9. The molecule has 4 heteroatoms. The molecule has 104 valence electrons. The number of aryl methyl sites for hydroxylation is 1. The van der Waals surface area contributed by atoms with Crippen LogP contribution < -0.4 is 5.32 Å². The van der Waals surface area contributed by atoms with Gasteiger partial charge in [-0.2, -0.15) is 0 Å². The Morgan fingerprint density at radius 3 is 2.65 bits per heavy atom. The molecule has 0 spiro atoms. The third-order valence-corrected chi connectivity index (χ3v) is 4.97. The molecule has 0 bridgehead atoms. The molecule has 20 heavy (non-hydrogen) atoms. The topological polar surface area (TPSA) is 46.2 Å². The summed E-state index contributed by atoms with van der Waals surface area (Å²) in [7, 11) is 0. The second-order valence-corrected chi connectivity index (χ2v) is 6.33. The Bertz CT molecular complexity index is 615. The van der Waals surface area contributed by atoms with E-state index in [9.17, 15) is 14.0 Å². The number of hydrogen-bond acceptors (Lipinski definition) is 2. The summed E-state index contributed by atoms with van der Waals surface area (Å²) in [4.78, 5) is 23.8. The minimum Gasteiger partial charge on any atom is -0.326 e. The quantitative estimate of drug-likeness (QED) is 0.842. The van der Waals surface area contributed by atoms with Crippen molar-refractivity contribution in [1.29, 1.82) is 0 Å². The third kappa shape index (κ3) is 1.86. The van der Waals surface area contributed by atoms with Gasteiger partial charge in [0.05, 0.1) is 5.56 Å². The van der Waals surface area contributed by atoms with Crippen molar-refractivity contribution < 1.29 is 14.0 Å². The normalized spacial score (nSPS) is 30.4. The maximum Gasteiger partial charge on any atom is 0.224 e. The highest BCUT2D eigenvalue weighted by Crippen LogP contribution is 2.55. The number of rotatable bonds is 2. The molecule has 1 amide bonds. The highest BCUT2D eigenvalue weighted by atomic mass is 19.1. The van der Waals surface area contributed by atoms with E-state index < -0.39 is 5.82 Å². The summed E-state index contributed by atoms with van der Waals surface area (Å²) < 4.78 is 14.1. The number of amides is 1. The molecule has 2 saturated carbocycles. The number of ketones is 1. The number of nitrogens with one attached hydrogen (secondary N) is 1. The number of fused-ring (bicyclic) bond motifs is 2. The fraction of sp³-hybridized carbons (Fsp3) is 0.500. The fourth-order valence-electron chi connectivity index (χ4n) is 3.74. The average molecular weight is 273 g/mol. The molecular weight excluding hydrogens is 257 g/mol. The van der Waals surface area contributed by atoms with Crippen molar-refractivity contribution in [3.05, 3.63) is 29.1 Å². The molecule has 3 nitrogen and oxygen atoms in total. The van der Waals surface area contributed by atoms with Gasteiger partial charge in [0, 0.05) is 18.0 Å². The van der Waals surface area contributed by atoms with Crippen molar-refractivity contribution in [1.82, 2.24) is 0 Å². The number of benzene rings is 1. The molecule has 1 aromatic rings. The van der Waals surface area contributed by atoms with Crippen LogP contribution in [0.2, 0.25) is 0 Å². The first-order valence-corrected chi connectivity index (χ1v) is 7.28. The zero-order valence-electron chi connectivity index (χ0n) is 11.1. The summed E-state index contributed by atoms with van der Waals surface area (Å²) in [5.74, 6) is 0.787. The van der Waals surface area contributed by atoms with Crippen molar-refractivity contribution >= 4 is 17.4 Å². The van der Waals surface area contributed by atoms with Gasteiger partial charge in [-0.15, -0.1) is 0 Å². The Balaban J connectivity index is 1.64. The molecule has 1 aliphatic heterocycles. The molecular formula is C16H16FNO2. The van der Waals surface area contributed by atoms with Gasteiger partial charge in [0.2, 0.25) is 5.91 Å². The van der Waals surface area contributed by atoms with E-state index in [-0.39, 0.29) is 23.2 Å². The fourth-order valence-corrected chi connectivity index (χ4v) is 3.74. The Morgan fingerprint density at radius 2 is 1.90 bits per heavy atom. The number of carbonyl (C=O) groups excluding carboxylic acids is 2. The average Bonchev–Trinajstić information content (AvgIpc) is 3.03. The maximum atomic E-state index is 14.1. The highest BCUT2D eigenvalue weighted by Gasteiger charge is 2.48. The number of carbonyl (C=O) groups is 2. The van der Waals surface area contributed by atoms with Crippen molar-refractivity contribution in [2.24, 2.45) is 17.8 Å². The Morgan fingerprint density at radius 1 is 1.15 bits per heavy atom. The van der Waals surface area contributed by atoms with E-state index in [4.69, 9.17) is 0 Å². The summed E-state index contributed by atoms with van der Waals surface area (Å²) in [5.41, 5.74) is 1.60. The number of hydrogen-bond donors (Lipinski definition) is 1. The van der Waals surface area contributed by atoms with E-state index in [1.165, 1.54) is 12.5 Å². The van der Waals surface area contributed by atoms with Crippen molar-refractivity contribution in [2.45, 2.75) is 32.1 Å². The van der Waals surface area contributed by atoms with Crippen molar-refractivity contribution in [3.63, 3.8) is 0 Å². The van der Waals surface area contributed by atoms with Gasteiger partial charge in [0.25, 0.3) is 0 Å². The van der Waals surface area contributed by atoms with Gasteiger partial charge in [-0.3, -0.25) is 9.59 Å². The minimum atomic E-state index is -0.503. The molecule has 1 N–H and O–H groups in total. The first-order valence-electron chi connectivity index (χ1n) is 7.28. The molecule has 0 saturated heterocycles. The molecule has 1 heterocycles. The third-order valence-electron chi connectivity index (χ3n) is 4.97. The molecule has 1 aromatic carbocycles. The lowest BCUT2D eigenvalue weighted by atomic mass is 9.90. The van der Waals surface area contributed by atoms with Crippen LogP contribution in [0.3, 0.4) is 0 Å². The lowest BCUT2D eigenvalue weighted by molar-refractivity contribution is -0.116. The van der Waals surface area contributed by atoms with E-state index in [0.717, 1.165) is 18.4 Å². The van der Waals surface area contributed by atoms with Gasteiger partial charge in [-0.1, -0.05) is 0 Å². The molecule has 2 atom stereocenters. The number of Topliss-reactive ketones (excluding diaryl/α,β-unsaturated/α-hetero) is 1. The van der Waals surface area contributed by atoms with Crippen molar-refractivity contribution in [2.75, 3.05) is 5.32 Å². The zero-order valence-corrected chi connectivity index (χ0v) is 11.1. The Labute approximate surface area is 116 Å². The molecule has 2 unspecified atom stereocenters. The van der Waals surface area contributed by atoms with E-state index >= 15 is 0 Å². The van der Waals surface area contributed by atoms with E-state index in [1.54, 1.807) is 6.07 Å². The first-order chi connectivity index (χ1) is 9.61. The van der Waals surface area contributed by atoms with Crippen LogP contribution in [0.5, 0.6) is 0 Å². The van der Waals surface area contributed by atoms with Crippen LogP contribution in [0.4, 0.5) is 10.1 Å². The van der Waals surface area contributed by atoms with Gasteiger partial charge >= 0.3 is 0 Å². The number of halogens is 1. The lowest BCUT2D eigenvalue weighted by Crippen LogP contribution is -2.21. The number of anilines is 1. The highest BCUT2D eigenvalue weighted by molar-refractivity contribution is 6.00. The summed E-state index contributed by atoms with van der Waals surface area (Å²) in [6.07, 6.45) is 4.09. The van der Waals surface area contributed by atoms with Gasteiger partial charge in [-0.05, 0) is 55.2 Å². The van der Waals surface area contributed by atoms with Crippen molar-refractivity contribution in [3.8, 4) is 0 Å². The molecule has 0 radical (unpaired) electrons. The first kappa shape index (κ1) is 12.1. The van der Waals surface area contributed by atoms with Crippen LogP contribution in [0.15, 0.2) is 12.1 Å². The lowest BCUT2D eigenvalue weighted by Gasteiger charge is -2.19. The van der Waals surface area contributed by atoms with Crippen LogP contribution in [0.1, 0.15) is 41.6 Å². The van der Waals surface area contributed by atoms with Gasteiger partial charge in [0.1, 0.15) is 5.82 Å². The van der Waals surface area contributed by atoms with Crippen LogP contribution in [-0.2, 0) is 11.2 Å². The molecule has 0 aromatic heterocycles. The Kier molecular flexibility index (Phi) is 2.50. The van der Waals surface area contributed by atoms with E-state index in [2.05, 4.69) is 5.32 Å². The molecule has 4 rings (SSSR count). The predicted molar refractivity (Wildman–Crippen MR) is 72.0 cm³/mol. The second-order valence-electron chi connectivity index (χ2n) is 6.33. The summed E-state index contributed by atoms with van der Waals surface area (Å²) in [6, 6.07) is 2.95. The van der Waals surface area contributed by atoms with Crippen LogP contribution in [0, 0.1) is 23.6 Å². The summed E-state index contributed by atoms with van der Waals surface area (Å²) in [6.45, 7) is 0. The molecule has 2 fully saturated rings. The van der Waals surface area contributed by atoms with Crippen LogP contribution in [0.25, 0.3) is 0 Å². The largest absolute Gasteiger partial charge is 0.326 e. The van der Waals surface area contributed by atoms with Crippen LogP contribution in [-0.4, -0.2) is 11.7 Å². The van der Waals surface area contributed by atoms with Gasteiger partial charge in [-0.25, -0.2) is 4.39 Å². The predicted octanol–water partition coefficient (Wildman–Crippen LogP) is 2.94. The summed E-state index contributed by atoms with van der Waals surface area (Å²) >= 11 is 0. The van der Waals surface area contributed by atoms with E-state index in [1.807, 2.05) is 0 Å². The van der Waals surface area contributed by atoms with E-state index in [0.29, 0.717) is 30.4 Å². The SMILES string of the molecule is O=C1CCc2cc(C(=O)C3CC4CC4C3)c(F)cc2N1. The summed E-state index contributed by atoms with van der Waals surface area (Å²) in [5, 5.41) is 2.66. The maximum absolute atomic E-state index is 14.1. The second kappa shape index (κ2) is 4.14. The Hall–Kier alpha value is -1.71. The molecule has 2 aliphatic carbocycles. The molecule has 3 aliphatic rings. The smallest absolute Gasteiger partial charge is 0.224 e. The minimum absolute atomic E-state index is 0.00415. The van der Waals surface area contributed by atoms with Gasteiger partial charge in [0.15, 0.2) is 5.78 Å². The van der Waals surface area contributed by atoms with Gasteiger partial charge < -0.3 is 5.32 Å². The monoisotopic (exact) mass is 273 g/mol.